The van der Waals surface area contributed by atoms with Crippen LogP contribution in [0.1, 0.15) is 12.5 Å². The molecular weight excluding hydrogens is 208 g/mol. The number of benzene rings is 1. The monoisotopic (exact) mass is 222 g/mol. The van der Waals surface area contributed by atoms with Crippen molar-refractivity contribution in [3.63, 3.8) is 0 Å². The first-order chi connectivity index (χ1) is 7.67. The van der Waals surface area contributed by atoms with Crippen molar-refractivity contribution in [3.05, 3.63) is 29.8 Å². The maximum absolute atomic E-state index is 11.2. The van der Waals surface area contributed by atoms with Gasteiger partial charge in [0.15, 0.2) is 5.84 Å². The number of nitrogens with zero attached hydrogens (tertiary/aromatic N) is 1. The Kier molecular flexibility index (Phi) is 4.14. The van der Waals surface area contributed by atoms with E-state index >= 15 is 0 Å². The zero-order valence-electron chi connectivity index (χ0n) is 8.90. The summed E-state index contributed by atoms with van der Waals surface area (Å²) in [5.74, 6) is -0.000417. The summed E-state index contributed by atoms with van der Waals surface area (Å²) in [5.41, 5.74) is 6.54. The Balaban J connectivity index is 2.79. The highest BCUT2D eigenvalue weighted by atomic mass is 16.4. The molecule has 0 atom stereocenters. The molecule has 0 fully saturated rings. The van der Waals surface area contributed by atoms with Crippen molar-refractivity contribution < 1.29 is 10.0 Å². The molecule has 16 heavy (non-hydrogen) atoms. The van der Waals surface area contributed by atoms with Crippen molar-refractivity contribution in [3.8, 4) is 0 Å². The maximum Gasteiger partial charge on any atom is 0.319 e. The van der Waals surface area contributed by atoms with E-state index in [0.717, 1.165) is 0 Å². The minimum Gasteiger partial charge on any atom is -0.409 e. The number of urea groups is 1. The van der Waals surface area contributed by atoms with Crippen molar-refractivity contribution in [1.29, 1.82) is 0 Å². The lowest BCUT2D eigenvalue weighted by Crippen LogP contribution is -2.28. The lowest BCUT2D eigenvalue weighted by atomic mass is 10.2. The van der Waals surface area contributed by atoms with Crippen LogP contribution < -0.4 is 16.4 Å². The number of rotatable bonds is 3. The molecule has 5 N–H and O–H groups in total. The number of hydrogen-bond acceptors (Lipinski definition) is 3. The number of oxime groups is 1. The predicted octanol–water partition coefficient (Wildman–Crippen LogP) is 0.923. The van der Waals surface area contributed by atoms with E-state index in [-0.39, 0.29) is 11.9 Å². The molecule has 2 amide bonds. The highest BCUT2D eigenvalue weighted by molar-refractivity contribution is 5.99. The molecule has 0 aromatic heterocycles. The van der Waals surface area contributed by atoms with Gasteiger partial charge in [0, 0.05) is 17.8 Å². The summed E-state index contributed by atoms with van der Waals surface area (Å²) in [6, 6.07) is 6.42. The summed E-state index contributed by atoms with van der Waals surface area (Å²) >= 11 is 0. The molecule has 0 spiro atoms. The van der Waals surface area contributed by atoms with E-state index in [4.69, 9.17) is 10.9 Å². The fraction of sp³-hybridized carbons (Fsp3) is 0.200. The molecule has 0 aliphatic rings. The van der Waals surface area contributed by atoms with Crippen molar-refractivity contribution in [2.24, 2.45) is 10.9 Å². The Hall–Kier alpha value is -2.24. The van der Waals surface area contributed by atoms with E-state index in [1.54, 1.807) is 24.3 Å². The van der Waals surface area contributed by atoms with Gasteiger partial charge in [0.1, 0.15) is 0 Å². The van der Waals surface area contributed by atoms with Gasteiger partial charge in [-0.1, -0.05) is 17.3 Å². The van der Waals surface area contributed by atoms with Crippen LogP contribution in [0, 0.1) is 0 Å². The summed E-state index contributed by atoms with van der Waals surface area (Å²) in [4.78, 5) is 11.2. The number of carbonyl (C=O) groups is 1. The number of nitrogens with one attached hydrogen (secondary N) is 2. The van der Waals surface area contributed by atoms with Crippen LogP contribution in [0.2, 0.25) is 0 Å². The Morgan fingerprint density at radius 2 is 2.31 bits per heavy atom. The molecule has 0 aliphatic carbocycles. The van der Waals surface area contributed by atoms with Gasteiger partial charge in [-0.2, -0.15) is 0 Å². The van der Waals surface area contributed by atoms with Gasteiger partial charge < -0.3 is 21.6 Å². The highest BCUT2D eigenvalue weighted by Gasteiger charge is 2.03. The van der Waals surface area contributed by atoms with Gasteiger partial charge in [-0.15, -0.1) is 0 Å². The number of anilines is 1. The first-order valence-electron chi connectivity index (χ1n) is 4.80. The third-order valence-electron chi connectivity index (χ3n) is 1.86. The van der Waals surface area contributed by atoms with Gasteiger partial charge in [-0.3, -0.25) is 0 Å². The molecule has 6 heteroatoms. The second-order valence-corrected chi connectivity index (χ2v) is 3.05. The largest absolute Gasteiger partial charge is 0.409 e. The van der Waals surface area contributed by atoms with E-state index in [1.165, 1.54) is 0 Å². The summed E-state index contributed by atoms with van der Waals surface area (Å²) in [6.45, 7) is 2.37. The third kappa shape index (κ3) is 3.16. The Labute approximate surface area is 93.1 Å². The number of amidine groups is 1. The van der Waals surface area contributed by atoms with Crippen LogP contribution in [-0.2, 0) is 0 Å². The number of carbonyl (C=O) groups excluding carboxylic acids is 1. The van der Waals surface area contributed by atoms with E-state index in [9.17, 15) is 4.79 Å². The fourth-order valence-electron chi connectivity index (χ4n) is 1.15. The van der Waals surface area contributed by atoms with Crippen molar-refractivity contribution in [1.82, 2.24) is 5.32 Å². The van der Waals surface area contributed by atoms with E-state index in [1.807, 2.05) is 6.92 Å². The molecule has 86 valence electrons. The molecule has 0 unspecified atom stereocenters. The lowest BCUT2D eigenvalue weighted by Gasteiger charge is -2.06. The Bertz CT molecular complexity index is 404. The second-order valence-electron chi connectivity index (χ2n) is 3.05. The first-order valence-corrected chi connectivity index (χ1v) is 4.80. The summed E-state index contributed by atoms with van der Waals surface area (Å²) in [5, 5.41) is 16.6. The first kappa shape index (κ1) is 11.8. The molecule has 6 nitrogen and oxygen atoms in total. The standard InChI is InChI=1S/C10H14N4O2/c1-2-12-10(15)13-8-5-3-4-7(6-8)9(11)14-16/h3-6,16H,2H2,1H3,(H2,11,14)(H2,12,13,15). The second kappa shape index (κ2) is 5.59. The predicted molar refractivity (Wildman–Crippen MR) is 61.6 cm³/mol. The molecule has 0 saturated heterocycles. The zero-order chi connectivity index (χ0) is 12.0. The minimum atomic E-state index is -0.292. The molecule has 0 saturated carbocycles. The average Bonchev–Trinajstić information content (AvgIpc) is 2.28. The molecule has 0 radical (unpaired) electrons. The average molecular weight is 222 g/mol. The van der Waals surface area contributed by atoms with Gasteiger partial charge >= 0.3 is 6.03 Å². The van der Waals surface area contributed by atoms with Crippen molar-refractivity contribution >= 4 is 17.6 Å². The van der Waals surface area contributed by atoms with E-state index < -0.39 is 0 Å². The molecular formula is C10H14N4O2. The van der Waals surface area contributed by atoms with Crippen molar-refractivity contribution in [2.45, 2.75) is 6.92 Å². The van der Waals surface area contributed by atoms with E-state index in [2.05, 4.69) is 15.8 Å². The Morgan fingerprint density at radius 1 is 1.56 bits per heavy atom. The molecule has 1 rings (SSSR count). The van der Waals surface area contributed by atoms with E-state index in [0.29, 0.717) is 17.8 Å². The third-order valence-corrected chi connectivity index (χ3v) is 1.86. The highest BCUT2D eigenvalue weighted by Crippen LogP contribution is 2.10. The van der Waals surface area contributed by atoms with Crippen LogP contribution in [0.15, 0.2) is 29.4 Å². The van der Waals surface area contributed by atoms with Crippen LogP contribution in [0.5, 0.6) is 0 Å². The minimum absolute atomic E-state index is 0.000417. The number of nitrogens with two attached hydrogens (primary N) is 1. The van der Waals surface area contributed by atoms with Gasteiger partial charge in [0.05, 0.1) is 0 Å². The molecule has 0 heterocycles. The van der Waals surface area contributed by atoms with Gasteiger partial charge in [-0.05, 0) is 19.1 Å². The lowest BCUT2D eigenvalue weighted by molar-refractivity contribution is 0.252. The number of hydrogen-bond donors (Lipinski definition) is 4. The van der Waals surface area contributed by atoms with Crippen LogP contribution >= 0.6 is 0 Å². The molecule has 1 aromatic rings. The zero-order valence-corrected chi connectivity index (χ0v) is 8.90. The molecule has 0 bridgehead atoms. The fourth-order valence-corrected chi connectivity index (χ4v) is 1.15. The smallest absolute Gasteiger partial charge is 0.319 e. The van der Waals surface area contributed by atoms with Crippen LogP contribution in [0.3, 0.4) is 0 Å². The van der Waals surface area contributed by atoms with Crippen LogP contribution in [0.25, 0.3) is 0 Å². The van der Waals surface area contributed by atoms with Gasteiger partial charge in [-0.25, -0.2) is 4.79 Å². The van der Waals surface area contributed by atoms with Crippen LogP contribution in [0.4, 0.5) is 10.5 Å². The van der Waals surface area contributed by atoms with Gasteiger partial charge in [0.25, 0.3) is 0 Å². The summed E-state index contributed by atoms with van der Waals surface area (Å²) < 4.78 is 0. The quantitative estimate of drug-likeness (QED) is 0.265. The Morgan fingerprint density at radius 3 is 2.94 bits per heavy atom. The summed E-state index contributed by atoms with van der Waals surface area (Å²) in [6.07, 6.45) is 0. The number of amides is 2. The van der Waals surface area contributed by atoms with Gasteiger partial charge in [0.2, 0.25) is 0 Å². The SMILES string of the molecule is CCNC(=O)Nc1cccc(/C(N)=N/O)c1. The van der Waals surface area contributed by atoms with Crippen LogP contribution in [-0.4, -0.2) is 23.6 Å². The maximum atomic E-state index is 11.2. The van der Waals surface area contributed by atoms with Crippen molar-refractivity contribution in [2.75, 3.05) is 11.9 Å². The molecule has 0 aliphatic heterocycles. The topological polar surface area (TPSA) is 99.7 Å². The summed E-state index contributed by atoms with van der Waals surface area (Å²) in [7, 11) is 0. The molecule has 1 aromatic carbocycles. The normalized spacial score (nSPS) is 10.9.